The molecular formula is C74H58N4. The van der Waals surface area contributed by atoms with E-state index < -0.39 is 213 Å². The van der Waals surface area contributed by atoms with Crippen molar-refractivity contribution in [3.63, 3.8) is 0 Å². The van der Waals surface area contributed by atoms with Crippen LogP contribution >= 0.6 is 0 Å². The van der Waals surface area contributed by atoms with E-state index in [-0.39, 0.29) is 22.5 Å². The molecule has 4 heteroatoms. The van der Waals surface area contributed by atoms with Crippen molar-refractivity contribution in [1.82, 2.24) is 8.80 Å². The minimum absolute atomic E-state index is 0.0351. The lowest BCUT2D eigenvalue weighted by molar-refractivity contribution is 0.590. The zero-order chi connectivity index (χ0) is 75.2. The molecule has 0 spiro atoms. The van der Waals surface area contributed by atoms with Crippen molar-refractivity contribution in [1.29, 1.82) is 0 Å². The van der Waals surface area contributed by atoms with E-state index in [1.165, 1.54) is 9.80 Å². The molecule has 0 unspecified atom stereocenters. The molecule has 0 N–H and O–H groups in total. The number of anilines is 6. The summed E-state index contributed by atoms with van der Waals surface area (Å²) in [7, 11) is 0. The first-order valence-corrected chi connectivity index (χ1v) is 25.3. The molecule has 15 rings (SSSR count). The Bertz CT molecular complexity index is 5920. The van der Waals surface area contributed by atoms with Crippen molar-refractivity contribution in [3.05, 3.63) is 253 Å². The minimum atomic E-state index is -1.12. The van der Waals surface area contributed by atoms with E-state index in [0.717, 1.165) is 0 Å². The Morgan fingerprint density at radius 2 is 0.718 bits per heavy atom. The summed E-state index contributed by atoms with van der Waals surface area (Å²) in [5, 5.41) is 4.35. The van der Waals surface area contributed by atoms with Crippen molar-refractivity contribution in [2.24, 2.45) is 0 Å². The molecule has 4 nitrogen and oxygen atoms in total. The highest BCUT2D eigenvalue weighted by Crippen LogP contribution is 2.53. The van der Waals surface area contributed by atoms with E-state index in [0.29, 0.717) is 76.2 Å². The number of rotatable bonds is 8. The smallest absolute Gasteiger partial charge is 0.0648 e. The van der Waals surface area contributed by atoms with Gasteiger partial charge in [-0.05, 0) is 106 Å². The summed E-state index contributed by atoms with van der Waals surface area (Å²) in [4.78, 5) is 2.47. The Balaban J connectivity index is 1.09. The molecule has 374 valence electrons. The normalized spacial score (nSPS) is 17.2. The SMILES string of the molecule is [2H]c1c([2H])c([2H])c(-c2c([2H])c([2H])c(C(C)(C)C)c([2H])c2N(c2c([2H])c([2H])c([2H])c([2H])c2[2H])c2ccc3c4cc5c(cc4n4c6ccccc6c2c34)c2ccc(N(c3c([2H])c([2H])c([2H])c([2H])c3[2H])c3c([2H])c(C(C)(C)C)c([2H])c([2H])c3-c3c([2H])c([2H])c([2H])c([2H])c3[2H])c3c4ccccc4n5c23)c([2H])c1[2H]. The van der Waals surface area contributed by atoms with Crippen LogP contribution < -0.4 is 9.80 Å². The lowest BCUT2D eigenvalue weighted by Gasteiger charge is -2.31. The lowest BCUT2D eigenvalue weighted by atomic mass is 9.85. The van der Waals surface area contributed by atoms with Crippen molar-refractivity contribution in [2.75, 3.05) is 9.80 Å². The van der Waals surface area contributed by atoms with E-state index in [4.69, 9.17) is 16.4 Å². The monoisotopic (exact) mass is 1030 g/mol. The van der Waals surface area contributed by atoms with Crippen LogP contribution in [0.3, 0.4) is 0 Å². The average molecular weight is 1030 g/mol. The van der Waals surface area contributed by atoms with Crippen LogP contribution in [0.15, 0.2) is 242 Å². The summed E-state index contributed by atoms with van der Waals surface area (Å²) >= 11 is 0. The van der Waals surface area contributed by atoms with Crippen molar-refractivity contribution in [3.8, 4) is 22.3 Å². The van der Waals surface area contributed by atoms with Gasteiger partial charge in [-0.1, -0.05) is 211 Å². The molecule has 0 fully saturated rings. The highest BCUT2D eigenvalue weighted by molar-refractivity contribution is 6.32. The van der Waals surface area contributed by atoms with Gasteiger partial charge < -0.3 is 18.6 Å². The fourth-order valence-electron chi connectivity index (χ4n) is 11.2. The number of benzene rings is 11. The van der Waals surface area contributed by atoms with E-state index >= 15 is 0 Å². The van der Waals surface area contributed by atoms with Crippen LogP contribution in [-0.2, 0) is 10.8 Å². The lowest BCUT2D eigenvalue weighted by Crippen LogP contribution is -2.15. The Morgan fingerprint density at radius 1 is 0.346 bits per heavy atom. The summed E-state index contributed by atoms with van der Waals surface area (Å²) in [6.45, 7) is 10.2. The second kappa shape index (κ2) is 17.1. The predicted octanol–water partition coefficient (Wildman–Crippen LogP) is 20.9. The summed E-state index contributed by atoms with van der Waals surface area (Å²) in [6, 6.07) is 6.46. The molecule has 0 aliphatic heterocycles. The largest absolute Gasteiger partial charge is 0.309 e. The second-order valence-electron chi connectivity index (χ2n) is 21.4. The molecule has 0 bridgehead atoms. The standard InChI is InChI=1S/C74H58N4/c1-73(2,3)49-35-37-53(47-23-11-7-12-24-47)65(43-49)75(51-27-15-9-16-28-51)63-41-39-55-59-45-68-60(46-67(59)77-61-33-21-19-31-57(61)69(63)71(55)77)56-40-42-64(70-58-32-20-22-34-62(58)78(68)72(56)70)76(52-29-17-10-18-30-52)66-44-50(74(4,5)6)36-38-54(66)48-25-13-8-14-26-48/h7-46H,1-6H3/i7D,8D,9D,10D,11D,12D,13D,14D,15D,16D,17D,18D,23D,24D,25D,26D,27D,28D,29D,30D,35D,36D,37D,38D,43D,44D. The first-order valence-electron chi connectivity index (χ1n) is 38.3. The van der Waals surface area contributed by atoms with Gasteiger partial charge in [0.15, 0.2) is 0 Å². The number of para-hydroxylation sites is 4. The number of nitrogens with zero attached hydrogens (tertiary/aromatic N) is 4. The first-order chi connectivity index (χ1) is 48.8. The predicted molar refractivity (Wildman–Crippen MR) is 333 cm³/mol. The van der Waals surface area contributed by atoms with Gasteiger partial charge in [-0.15, -0.1) is 0 Å². The molecule has 0 amide bonds. The van der Waals surface area contributed by atoms with E-state index in [1.807, 2.05) is 57.3 Å². The van der Waals surface area contributed by atoms with E-state index in [2.05, 4.69) is 0 Å². The summed E-state index contributed by atoms with van der Waals surface area (Å²) in [5.74, 6) is 0. The van der Waals surface area contributed by atoms with Gasteiger partial charge in [-0.3, -0.25) is 0 Å². The molecule has 0 saturated heterocycles. The maximum Gasteiger partial charge on any atom is 0.0648 e. The third kappa shape index (κ3) is 6.85. The van der Waals surface area contributed by atoms with Crippen LogP contribution in [-0.4, -0.2) is 8.80 Å². The Labute approximate surface area is 491 Å². The topological polar surface area (TPSA) is 15.3 Å². The van der Waals surface area contributed by atoms with Gasteiger partial charge >= 0.3 is 0 Å². The van der Waals surface area contributed by atoms with Gasteiger partial charge in [0.25, 0.3) is 0 Å². The minimum Gasteiger partial charge on any atom is -0.309 e. The molecule has 0 radical (unpaired) electrons. The highest BCUT2D eigenvalue weighted by atomic mass is 15.2. The zero-order valence-corrected chi connectivity index (χ0v) is 42.9. The molecule has 0 atom stereocenters. The molecule has 11 aromatic carbocycles. The molecule has 0 aliphatic rings. The van der Waals surface area contributed by atoms with Gasteiger partial charge in [0.1, 0.15) is 0 Å². The molecule has 4 aromatic heterocycles. The van der Waals surface area contributed by atoms with Crippen molar-refractivity contribution >= 4 is 110 Å². The molecule has 0 aliphatic carbocycles. The molecule has 0 saturated carbocycles. The second-order valence-corrected chi connectivity index (χ2v) is 21.4. The quantitative estimate of drug-likeness (QED) is 0.151. The number of hydrogen-bond donors (Lipinski definition) is 0. The van der Waals surface area contributed by atoms with Crippen LogP contribution in [0.2, 0.25) is 0 Å². The number of hydrogen-bond acceptors (Lipinski definition) is 2. The fourth-order valence-corrected chi connectivity index (χ4v) is 11.2. The van der Waals surface area contributed by atoms with Gasteiger partial charge in [-0.2, -0.15) is 0 Å². The van der Waals surface area contributed by atoms with Crippen LogP contribution in [0.25, 0.3) is 98.4 Å². The summed E-state index contributed by atoms with van der Waals surface area (Å²) < 4.78 is 246. The Morgan fingerprint density at radius 3 is 1.10 bits per heavy atom. The first kappa shape index (κ1) is 26.6. The van der Waals surface area contributed by atoms with Crippen LogP contribution in [0.5, 0.6) is 0 Å². The molecule has 78 heavy (non-hydrogen) atoms. The van der Waals surface area contributed by atoms with E-state index in [1.54, 1.807) is 77.9 Å². The van der Waals surface area contributed by atoms with Gasteiger partial charge in [0.05, 0.1) is 91.5 Å². The zero-order valence-electron chi connectivity index (χ0n) is 68.9. The molecule has 15 aromatic rings. The third-order valence-electron chi connectivity index (χ3n) is 14.7. The van der Waals surface area contributed by atoms with Gasteiger partial charge in [-0.25, -0.2) is 0 Å². The number of aromatic nitrogens is 2. The third-order valence-corrected chi connectivity index (χ3v) is 14.7. The summed E-state index contributed by atoms with van der Waals surface area (Å²) in [5.41, 5.74) is -2.73. The van der Waals surface area contributed by atoms with Crippen molar-refractivity contribution < 1.29 is 35.6 Å². The molecule has 4 heterocycles. The summed E-state index contributed by atoms with van der Waals surface area (Å²) in [6.07, 6.45) is 0. The van der Waals surface area contributed by atoms with E-state index in [9.17, 15) is 19.2 Å². The Hall–Kier alpha value is -9.38. The van der Waals surface area contributed by atoms with Gasteiger partial charge in [0, 0.05) is 65.6 Å². The maximum atomic E-state index is 10.4. The van der Waals surface area contributed by atoms with Crippen LogP contribution in [0, 0.1) is 0 Å². The van der Waals surface area contributed by atoms with Crippen molar-refractivity contribution in [2.45, 2.75) is 52.4 Å². The Kier molecular flexibility index (Phi) is 5.82. The highest BCUT2D eigenvalue weighted by Gasteiger charge is 2.30. The van der Waals surface area contributed by atoms with Crippen LogP contribution in [0.1, 0.15) is 88.3 Å². The fraction of sp³-hybridized carbons (Fsp3) is 0.108. The average Bonchev–Trinajstić information content (AvgIpc) is 1.41. The number of fused-ring (bicyclic) bond motifs is 12. The maximum absolute atomic E-state index is 10.4. The van der Waals surface area contributed by atoms with Gasteiger partial charge in [0.2, 0.25) is 0 Å². The molecular weight excluding hydrogens is 945 g/mol. The van der Waals surface area contributed by atoms with Crippen LogP contribution in [0.4, 0.5) is 34.1 Å².